The van der Waals surface area contributed by atoms with Crippen molar-refractivity contribution in [1.82, 2.24) is 29.8 Å². The van der Waals surface area contributed by atoms with Gasteiger partial charge in [-0.05, 0) is 43.7 Å². The van der Waals surface area contributed by atoms with Crippen molar-refractivity contribution in [1.29, 1.82) is 0 Å². The number of nitrogens with zero attached hydrogens (tertiary/aromatic N) is 5. The molecule has 4 heterocycles. The van der Waals surface area contributed by atoms with Gasteiger partial charge in [0, 0.05) is 31.4 Å². The molecule has 0 radical (unpaired) electrons. The fourth-order valence-corrected chi connectivity index (χ4v) is 4.52. The molecule has 0 saturated carbocycles. The fraction of sp³-hybridized carbons (Fsp3) is 0.375. The number of aromatic nitrogens is 5. The van der Waals surface area contributed by atoms with Gasteiger partial charge in [0.2, 0.25) is 5.91 Å². The molecule has 9 nitrogen and oxygen atoms in total. The van der Waals surface area contributed by atoms with Crippen LogP contribution in [-0.2, 0) is 4.79 Å². The summed E-state index contributed by atoms with van der Waals surface area (Å²) in [5.74, 6) is 1.73. The van der Waals surface area contributed by atoms with Gasteiger partial charge in [-0.15, -0.1) is 0 Å². The summed E-state index contributed by atoms with van der Waals surface area (Å²) in [4.78, 5) is 34.5. The highest BCUT2D eigenvalue weighted by Gasteiger charge is 2.22. The van der Waals surface area contributed by atoms with E-state index in [0.717, 1.165) is 53.7 Å². The number of anilines is 2. The molecule has 4 aromatic rings. The second kappa shape index (κ2) is 8.65. The first-order chi connectivity index (χ1) is 16.0. The standard InChI is InChI=1S/C24H28N8O/c1-14-5-4-6-17-11-19(15(2)29-24-21-23(26-12-25-21)27-13-28-24)31-22(20(14)17)30-18-7-9-32(10-8-18)16(3)33/h4-6,11-13,15,18H,7-10H2,1-3H3,(H,30,31)(H2,25,26,27,28,29). The van der Waals surface area contributed by atoms with Crippen LogP contribution >= 0.6 is 0 Å². The van der Waals surface area contributed by atoms with E-state index in [2.05, 4.69) is 68.7 Å². The van der Waals surface area contributed by atoms with Crippen molar-refractivity contribution in [3.05, 3.63) is 48.2 Å². The molecule has 3 N–H and O–H groups in total. The molecule has 5 rings (SSSR count). The van der Waals surface area contributed by atoms with E-state index >= 15 is 0 Å². The maximum atomic E-state index is 11.7. The highest BCUT2D eigenvalue weighted by molar-refractivity contribution is 5.95. The number of carbonyl (C=O) groups excluding carboxylic acids is 1. The molecular formula is C24H28N8O. The van der Waals surface area contributed by atoms with Crippen LogP contribution in [0.2, 0.25) is 0 Å². The number of rotatable bonds is 5. The summed E-state index contributed by atoms with van der Waals surface area (Å²) >= 11 is 0. The minimum Gasteiger partial charge on any atom is -0.367 e. The Morgan fingerprint density at radius 1 is 1.18 bits per heavy atom. The molecule has 1 aliphatic heterocycles. The Morgan fingerprint density at radius 2 is 2.00 bits per heavy atom. The highest BCUT2D eigenvalue weighted by atomic mass is 16.2. The summed E-state index contributed by atoms with van der Waals surface area (Å²) in [6.07, 6.45) is 4.94. The lowest BCUT2D eigenvalue weighted by Crippen LogP contribution is -2.41. The van der Waals surface area contributed by atoms with Crippen LogP contribution in [0.3, 0.4) is 0 Å². The third kappa shape index (κ3) is 4.18. The summed E-state index contributed by atoms with van der Waals surface area (Å²) in [6, 6.07) is 8.64. The van der Waals surface area contributed by atoms with Crippen LogP contribution < -0.4 is 10.6 Å². The molecule has 1 unspecified atom stereocenters. The second-order valence-corrected chi connectivity index (χ2v) is 8.68. The zero-order valence-corrected chi connectivity index (χ0v) is 19.1. The molecule has 1 saturated heterocycles. The first kappa shape index (κ1) is 21.1. The zero-order valence-electron chi connectivity index (χ0n) is 19.1. The number of likely N-dealkylation sites (tertiary alicyclic amines) is 1. The maximum absolute atomic E-state index is 11.7. The molecule has 170 valence electrons. The largest absolute Gasteiger partial charge is 0.367 e. The smallest absolute Gasteiger partial charge is 0.219 e. The first-order valence-electron chi connectivity index (χ1n) is 11.3. The summed E-state index contributed by atoms with van der Waals surface area (Å²) in [5.41, 5.74) is 3.51. The Labute approximate surface area is 192 Å². The van der Waals surface area contributed by atoms with E-state index in [9.17, 15) is 4.79 Å². The number of carbonyl (C=O) groups is 1. The SMILES string of the molecule is CC(=O)N1CCC(Nc2nc(C(C)Nc3ncnc4nc[nH]c34)cc3cccc(C)c23)CC1. The molecule has 3 aromatic heterocycles. The fourth-order valence-electron chi connectivity index (χ4n) is 4.52. The third-order valence-electron chi connectivity index (χ3n) is 6.39. The van der Waals surface area contributed by atoms with Crippen LogP contribution in [0.4, 0.5) is 11.6 Å². The van der Waals surface area contributed by atoms with Crippen molar-refractivity contribution in [2.24, 2.45) is 0 Å². The van der Waals surface area contributed by atoms with Crippen molar-refractivity contribution in [2.45, 2.75) is 45.7 Å². The molecule has 1 amide bonds. The third-order valence-corrected chi connectivity index (χ3v) is 6.39. The maximum Gasteiger partial charge on any atom is 0.219 e. The molecule has 1 aliphatic rings. The monoisotopic (exact) mass is 444 g/mol. The normalized spacial score (nSPS) is 15.7. The molecule has 33 heavy (non-hydrogen) atoms. The number of pyridine rings is 1. The second-order valence-electron chi connectivity index (χ2n) is 8.68. The average Bonchev–Trinajstić information content (AvgIpc) is 3.29. The first-order valence-corrected chi connectivity index (χ1v) is 11.3. The molecule has 1 aromatic carbocycles. The number of aromatic amines is 1. The van der Waals surface area contributed by atoms with Crippen molar-refractivity contribution in [2.75, 3.05) is 23.7 Å². The van der Waals surface area contributed by atoms with E-state index in [1.165, 1.54) is 11.9 Å². The van der Waals surface area contributed by atoms with Gasteiger partial charge in [0.15, 0.2) is 11.5 Å². The number of fused-ring (bicyclic) bond motifs is 2. The highest BCUT2D eigenvalue weighted by Crippen LogP contribution is 2.31. The zero-order chi connectivity index (χ0) is 22.9. The molecular weight excluding hydrogens is 416 g/mol. The van der Waals surface area contributed by atoms with Gasteiger partial charge >= 0.3 is 0 Å². The number of nitrogens with one attached hydrogen (secondary N) is 3. The lowest BCUT2D eigenvalue weighted by molar-refractivity contribution is -0.129. The van der Waals surface area contributed by atoms with Gasteiger partial charge < -0.3 is 20.5 Å². The summed E-state index contributed by atoms with van der Waals surface area (Å²) in [7, 11) is 0. The van der Waals surface area contributed by atoms with Crippen LogP contribution in [0.25, 0.3) is 21.9 Å². The number of H-pyrrole nitrogens is 1. The van der Waals surface area contributed by atoms with E-state index in [-0.39, 0.29) is 18.0 Å². The van der Waals surface area contributed by atoms with Crippen molar-refractivity contribution in [3.63, 3.8) is 0 Å². The van der Waals surface area contributed by atoms with Crippen LogP contribution in [0.15, 0.2) is 36.9 Å². The molecule has 0 bridgehead atoms. The Bertz CT molecular complexity index is 1310. The van der Waals surface area contributed by atoms with Gasteiger partial charge in [0.05, 0.1) is 18.1 Å². The minimum absolute atomic E-state index is 0.0866. The minimum atomic E-state index is -0.0866. The Morgan fingerprint density at radius 3 is 2.79 bits per heavy atom. The van der Waals surface area contributed by atoms with Crippen LogP contribution in [-0.4, -0.2) is 54.9 Å². The number of hydrogen-bond acceptors (Lipinski definition) is 7. The van der Waals surface area contributed by atoms with Gasteiger partial charge in [-0.2, -0.15) is 0 Å². The Kier molecular flexibility index (Phi) is 5.53. The number of piperidine rings is 1. The van der Waals surface area contributed by atoms with Crippen molar-refractivity contribution < 1.29 is 4.79 Å². The lowest BCUT2D eigenvalue weighted by Gasteiger charge is -2.32. The van der Waals surface area contributed by atoms with E-state index in [4.69, 9.17) is 4.98 Å². The molecule has 9 heteroatoms. The van der Waals surface area contributed by atoms with E-state index in [1.54, 1.807) is 13.3 Å². The summed E-state index contributed by atoms with van der Waals surface area (Å²) < 4.78 is 0. The van der Waals surface area contributed by atoms with Gasteiger partial charge in [0.1, 0.15) is 17.7 Å². The predicted molar refractivity (Wildman–Crippen MR) is 129 cm³/mol. The summed E-state index contributed by atoms with van der Waals surface area (Å²) in [6.45, 7) is 7.37. The van der Waals surface area contributed by atoms with Crippen molar-refractivity contribution >= 4 is 39.5 Å². The predicted octanol–water partition coefficient (Wildman–Crippen LogP) is 3.81. The van der Waals surface area contributed by atoms with Crippen LogP contribution in [0.1, 0.15) is 44.0 Å². The number of benzene rings is 1. The van der Waals surface area contributed by atoms with E-state index < -0.39 is 0 Å². The number of imidazole rings is 1. The van der Waals surface area contributed by atoms with Gasteiger partial charge in [-0.25, -0.2) is 19.9 Å². The van der Waals surface area contributed by atoms with Gasteiger partial charge in [-0.1, -0.05) is 18.2 Å². The molecule has 0 spiro atoms. The molecule has 0 aliphatic carbocycles. The quantitative estimate of drug-likeness (QED) is 0.429. The molecule has 1 atom stereocenters. The topological polar surface area (TPSA) is 112 Å². The van der Waals surface area contributed by atoms with Crippen LogP contribution in [0, 0.1) is 6.92 Å². The van der Waals surface area contributed by atoms with Crippen molar-refractivity contribution in [3.8, 4) is 0 Å². The van der Waals surface area contributed by atoms with E-state index in [1.807, 2.05) is 4.90 Å². The lowest BCUT2D eigenvalue weighted by atomic mass is 10.0. The summed E-state index contributed by atoms with van der Waals surface area (Å²) in [5, 5.41) is 9.43. The average molecular weight is 445 g/mol. The Balaban J connectivity index is 1.45. The van der Waals surface area contributed by atoms with Gasteiger partial charge in [0.25, 0.3) is 0 Å². The number of hydrogen-bond donors (Lipinski definition) is 3. The van der Waals surface area contributed by atoms with Crippen LogP contribution in [0.5, 0.6) is 0 Å². The Hall–Kier alpha value is -3.75. The number of aryl methyl sites for hydroxylation is 1. The van der Waals surface area contributed by atoms with Gasteiger partial charge in [-0.3, -0.25) is 4.79 Å². The van der Waals surface area contributed by atoms with E-state index in [0.29, 0.717) is 11.5 Å². The molecule has 1 fully saturated rings. The number of amides is 1.